The maximum atomic E-state index is 12.5. The van der Waals surface area contributed by atoms with E-state index in [1.807, 2.05) is 0 Å². The first-order valence-electron chi connectivity index (χ1n) is 30.5. The number of rotatable bonds is 57. The third kappa shape index (κ3) is 51.0. The molecular weight excluding hydrogens is 811 g/mol. The lowest BCUT2D eigenvalue weighted by Crippen LogP contribution is -2.50. The average molecular weight is 933 g/mol. The molecule has 0 radical (unpaired) electrons. The summed E-state index contributed by atoms with van der Waals surface area (Å²) in [5, 5.41) is 33.8. The molecule has 66 heavy (non-hydrogen) atoms. The van der Waals surface area contributed by atoms with Crippen LogP contribution in [-0.4, -0.2) is 46.1 Å². The Bertz CT molecular complexity index is 940. The lowest BCUT2D eigenvalue weighted by atomic mass is 10.0. The Morgan fingerprint density at radius 2 is 0.606 bits per heavy atom. The highest BCUT2D eigenvalue weighted by Gasteiger charge is 2.26. The normalized spacial score (nSPS) is 13.2. The molecule has 3 unspecified atom stereocenters. The third-order valence-corrected chi connectivity index (χ3v) is 14.6. The van der Waals surface area contributed by atoms with E-state index in [4.69, 9.17) is 0 Å². The molecule has 0 heterocycles. The van der Waals surface area contributed by atoms with Crippen molar-refractivity contribution in [3.63, 3.8) is 0 Å². The number of hydrogen-bond acceptors (Lipinski definition) is 4. The summed E-state index contributed by atoms with van der Waals surface area (Å²) in [5.41, 5.74) is 0. The van der Waals surface area contributed by atoms with Crippen LogP contribution in [0, 0.1) is 0 Å². The standard InChI is InChI=1S/C61H121NO4/c1-3-5-7-9-11-13-15-17-19-21-23-24-25-26-27-28-29-30-31-32-33-34-35-36-38-40-42-44-46-48-50-52-54-56-60(65)62-58(57-63)61(66)59(64)55-53-51-49-47-45-43-41-39-37-22-20-18-16-14-12-10-8-6-4-2/h47,49,58-59,61,63-64,66H,3-46,48,50-57H2,1-2H3,(H,62,65)/b49-47+. The van der Waals surface area contributed by atoms with Crippen molar-refractivity contribution < 1.29 is 20.1 Å². The van der Waals surface area contributed by atoms with Crippen molar-refractivity contribution in [1.82, 2.24) is 5.32 Å². The molecule has 0 aliphatic rings. The first kappa shape index (κ1) is 65.1. The van der Waals surface area contributed by atoms with Crippen LogP contribution in [0.5, 0.6) is 0 Å². The molecule has 0 bridgehead atoms. The molecule has 0 aliphatic carbocycles. The molecule has 0 aromatic heterocycles. The van der Waals surface area contributed by atoms with Gasteiger partial charge in [-0.15, -0.1) is 0 Å². The average Bonchev–Trinajstić information content (AvgIpc) is 3.32. The zero-order chi connectivity index (χ0) is 47.9. The Morgan fingerprint density at radius 1 is 0.364 bits per heavy atom. The van der Waals surface area contributed by atoms with Crippen molar-refractivity contribution in [2.24, 2.45) is 0 Å². The van der Waals surface area contributed by atoms with E-state index in [1.165, 1.54) is 283 Å². The van der Waals surface area contributed by atoms with Crippen LogP contribution in [0.25, 0.3) is 0 Å². The van der Waals surface area contributed by atoms with Gasteiger partial charge in [-0.25, -0.2) is 0 Å². The monoisotopic (exact) mass is 932 g/mol. The number of amides is 1. The fourth-order valence-corrected chi connectivity index (χ4v) is 9.93. The maximum absolute atomic E-state index is 12.5. The van der Waals surface area contributed by atoms with Gasteiger partial charge in [-0.1, -0.05) is 315 Å². The molecule has 0 aliphatic heterocycles. The molecule has 1 amide bonds. The van der Waals surface area contributed by atoms with E-state index in [0.29, 0.717) is 12.8 Å². The van der Waals surface area contributed by atoms with Gasteiger partial charge < -0.3 is 20.6 Å². The van der Waals surface area contributed by atoms with Crippen LogP contribution >= 0.6 is 0 Å². The van der Waals surface area contributed by atoms with Crippen LogP contribution < -0.4 is 5.32 Å². The summed E-state index contributed by atoms with van der Waals surface area (Å²) in [6.45, 7) is 4.21. The van der Waals surface area contributed by atoms with Gasteiger partial charge in [0, 0.05) is 6.42 Å². The van der Waals surface area contributed by atoms with E-state index >= 15 is 0 Å². The molecule has 5 heteroatoms. The highest BCUT2D eigenvalue weighted by Crippen LogP contribution is 2.19. The molecule has 3 atom stereocenters. The largest absolute Gasteiger partial charge is 0.394 e. The molecular formula is C61H121NO4. The van der Waals surface area contributed by atoms with Crippen LogP contribution in [0.1, 0.15) is 348 Å². The second-order valence-corrected chi connectivity index (χ2v) is 21.3. The molecule has 0 fully saturated rings. The Hall–Kier alpha value is -0.910. The molecule has 0 aromatic carbocycles. The Labute approximate surface area is 414 Å². The molecule has 4 N–H and O–H groups in total. The number of carbonyl (C=O) groups excluding carboxylic acids is 1. The van der Waals surface area contributed by atoms with E-state index in [9.17, 15) is 20.1 Å². The highest BCUT2D eigenvalue weighted by molar-refractivity contribution is 5.76. The fourth-order valence-electron chi connectivity index (χ4n) is 9.93. The number of carbonyl (C=O) groups is 1. The molecule has 0 saturated carbocycles. The van der Waals surface area contributed by atoms with Crippen molar-refractivity contribution in [3.8, 4) is 0 Å². The predicted octanol–water partition coefficient (Wildman–Crippen LogP) is 19.1. The topological polar surface area (TPSA) is 89.8 Å². The van der Waals surface area contributed by atoms with Gasteiger partial charge >= 0.3 is 0 Å². The van der Waals surface area contributed by atoms with Crippen molar-refractivity contribution in [2.45, 2.75) is 366 Å². The van der Waals surface area contributed by atoms with Gasteiger partial charge in [-0.05, 0) is 38.5 Å². The first-order valence-corrected chi connectivity index (χ1v) is 30.5. The number of aliphatic hydroxyl groups excluding tert-OH is 3. The minimum absolute atomic E-state index is 0.146. The second-order valence-electron chi connectivity index (χ2n) is 21.3. The van der Waals surface area contributed by atoms with Gasteiger partial charge in [-0.3, -0.25) is 4.79 Å². The van der Waals surface area contributed by atoms with Crippen molar-refractivity contribution in [2.75, 3.05) is 6.61 Å². The molecule has 5 nitrogen and oxygen atoms in total. The minimum atomic E-state index is -1.16. The molecule has 394 valence electrons. The Morgan fingerprint density at radius 3 is 0.879 bits per heavy atom. The van der Waals surface area contributed by atoms with E-state index < -0.39 is 18.2 Å². The van der Waals surface area contributed by atoms with Crippen molar-refractivity contribution >= 4 is 5.91 Å². The Kier molecular flexibility index (Phi) is 55.9. The van der Waals surface area contributed by atoms with Gasteiger partial charge in [0.25, 0.3) is 0 Å². The molecule has 0 aromatic rings. The Balaban J connectivity index is 3.47. The van der Waals surface area contributed by atoms with Crippen molar-refractivity contribution in [1.29, 1.82) is 0 Å². The summed E-state index contributed by atoms with van der Waals surface area (Å²) in [5.74, 6) is -0.146. The van der Waals surface area contributed by atoms with Crippen LogP contribution in [0.3, 0.4) is 0 Å². The van der Waals surface area contributed by atoms with E-state index in [0.717, 1.165) is 38.5 Å². The van der Waals surface area contributed by atoms with Crippen molar-refractivity contribution in [3.05, 3.63) is 12.2 Å². The van der Waals surface area contributed by atoms with Crippen LogP contribution in [-0.2, 0) is 4.79 Å². The quantitative estimate of drug-likeness (QED) is 0.0361. The van der Waals surface area contributed by atoms with Gasteiger partial charge in [0.15, 0.2) is 0 Å². The van der Waals surface area contributed by atoms with E-state index in [2.05, 4.69) is 31.3 Å². The highest BCUT2D eigenvalue weighted by atomic mass is 16.3. The zero-order valence-electron chi connectivity index (χ0n) is 45.1. The lowest BCUT2D eigenvalue weighted by molar-refractivity contribution is -0.124. The number of unbranched alkanes of at least 4 members (excludes halogenated alkanes) is 47. The number of aliphatic hydroxyl groups is 3. The summed E-state index contributed by atoms with van der Waals surface area (Å²) in [6.07, 6.45) is 71.1. The summed E-state index contributed by atoms with van der Waals surface area (Å²) < 4.78 is 0. The van der Waals surface area contributed by atoms with Crippen LogP contribution in [0.4, 0.5) is 0 Å². The molecule has 0 spiro atoms. The van der Waals surface area contributed by atoms with Gasteiger partial charge in [0.1, 0.15) is 6.10 Å². The summed E-state index contributed by atoms with van der Waals surface area (Å²) >= 11 is 0. The minimum Gasteiger partial charge on any atom is -0.394 e. The fraction of sp³-hybridized carbons (Fsp3) is 0.951. The first-order chi connectivity index (χ1) is 32.6. The van der Waals surface area contributed by atoms with Crippen LogP contribution in [0.2, 0.25) is 0 Å². The number of hydrogen-bond donors (Lipinski definition) is 4. The van der Waals surface area contributed by atoms with Gasteiger partial charge in [0.2, 0.25) is 5.91 Å². The van der Waals surface area contributed by atoms with Gasteiger partial charge in [0.05, 0.1) is 18.8 Å². The number of allylic oxidation sites excluding steroid dienone is 2. The summed E-state index contributed by atoms with van der Waals surface area (Å²) in [4.78, 5) is 12.5. The third-order valence-electron chi connectivity index (χ3n) is 14.6. The molecule has 0 saturated heterocycles. The number of nitrogens with one attached hydrogen (secondary N) is 1. The lowest BCUT2D eigenvalue weighted by Gasteiger charge is -2.26. The van der Waals surface area contributed by atoms with E-state index in [-0.39, 0.29) is 12.5 Å². The van der Waals surface area contributed by atoms with Crippen LogP contribution in [0.15, 0.2) is 12.2 Å². The maximum Gasteiger partial charge on any atom is 0.220 e. The molecule has 0 rings (SSSR count). The van der Waals surface area contributed by atoms with Gasteiger partial charge in [-0.2, -0.15) is 0 Å². The second kappa shape index (κ2) is 56.7. The smallest absolute Gasteiger partial charge is 0.220 e. The van der Waals surface area contributed by atoms with E-state index in [1.54, 1.807) is 0 Å². The SMILES string of the molecule is CCCCCCCCCCCCCCCC/C=C/CCCC(O)C(O)C(CO)NC(=O)CCCCCCCCCCCCCCCCCCCCCCCCCCCCCCCCCCC. The summed E-state index contributed by atoms with van der Waals surface area (Å²) in [7, 11) is 0. The summed E-state index contributed by atoms with van der Waals surface area (Å²) in [6, 6.07) is -0.823. The zero-order valence-corrected chi connectivity index (χ0v) is 45.1. The predicted molar refractivity (Wildman–Crippen MR) is 292 cm³/mol.